The van der Waals surface area contributed by atoms with Crippen LogP contribution in [0.4, 0.5) is 23.2 Å². The maximum atomic E-state index is 13.8. The van der Waals surface area contributed by atoms with Crippen LogP contribution in [0.25, 0.3) is 16.9 Å². The van der Waals surface area contributed by atoms with E-state index in [1.54, 1.807) is 46.7 Å². The van der Waals surface area contributed by atoms with Gasteiger partial charge >= 0.3 is 12.1 Å². The van der Waals surface area contributed by atoms with E-state index in [2.05, 4.69) is 0 Å². The first-order valence-electron chi connectivity index (χ1n) is 12.9. The van der Waals surface area contributed by atoms with Crippen LogP contribution in [-0.4, -0.2) is 30.1 Å². The number of hydrogen-bond donors (Lipinski definition) is 0. The van der Waals surface area contributed by atoms with Crippen LogP contribution in [0.3, 0.4) is 0 Å². The maximum Gasteiger partial charge on any atom is 0.416 e. The molecule has 1 fully saturated rings. The summed E-state index contributed by atoms with van der Waals surface area (Å²) in [7, 11) is 1.25. The van der Waals surface area contributed by atoms with Gasteiger partial charge in [-0.2, -0.15) is 13.2 Å². The first-order valence-corrected chi connectivity index (χ1v) is 12.9. The second-order valence-electron chi connectivity index (χ2n) is 9.70. The molecule has 0 saturated carbocycles. The summed E-state index contributed by atoms with van der Waals surface area (Å²) in [6, 6.07) is 17.1. The summed E-state index contributed by atoms with van der Waals surface area (Å²) >= 11 is 0. The minimum absolute atomic E-state index is 0.00260. The normalized spacial score (nSPS) is 13.5. The molecule has 1 aliphatic rings. The van der Waals surface area contributed by atoms with E-state index < -0.39 is 23.5 Å². The number of hydrogen-bond acceptors (Lipinski definition) is 4. The lowest BCUT2D eigenvalue weighted by Gasteiger charge is -2.21. The molecule has 0 N–H and O–H groups in total. The average Bonchev–Trinajstić information content (AvgIpc) is 3.56. The van der Waals surface area contributed by atoms with E-state index in [9.17, 15) is 27.2 Å². The van der Waals surface area contributed by atoms with Gasteiger partial charge in [-0.15, -0.1) is 0 Å². The van der Waals surface area contributed by atoms with E-state index in [4.69, 9.17) is 9.47 Å². The fraction of sp³-hybridized carbons (Fsp3) is 0.226. The first kappa shape index (κ1) is 27.9. The van der Waals surface area contributed by atoms with E-state index in [1.807, 2.05) is 0 Å². The summed E-state index contributed by atoms with van der Waals surface area (Å²) in [4.78, 5) is 26.7. The zero-order valence-corrected chi connectivity index (χ0v) is 22.3. The summed E-state index contributed by atoms with van der Waals surface area (Å²) in [5.41, 5.74) is 2.12. The van der Waals surface area contributed by atoms with Crippen LogP contribution in [0, 0.1) is 12.7 Å². The molecular formula is C31H26F4N2O4. The number of methoxy groups -OCH3 is 1. The molecule has 6 nitrogen and oxygen atoms in total. The highest BCUT2D eigenvalue weighted by Gasteiger charge is 2.32. The Hall–Kier alpha value is -4.60. The summed E-state index contributed by atoms with van der Waals surface area (Å²) in [6.45, 7) is 2.26. The molecule has 0 bridgehead atoms. The second kappa shape index (κ2) is 11.1. The third-order valence-electron chi connectivity index (χ3n) is 6.93. The maximum absolute atomic E-state index is 13.8. The van der Waals surface area contributed by atoms with E-state index in [0.717, 1.165) is 12.1 Å². The molecule has 212 valence electrons. The van der Waals surface area contributed by atoms with Crippen LogP contribution in [0.5, 0.6) is 5.75 Å². The predicted molar refractivity (Wildman–Crippen MR) is 145 cm³/mol. The van der Waals surface area contributed by atoms with E-state index >= 15 is 0 Å². The van der Waals surface area contributed by atoms with Gasteiger partial charge in [0.2, 0.25) is 5.91 Å². The van der Waals surface area contributed by atoms with Crippen LogP contribution in [-0.2, 0) is 22.3 Å². The molecule has 1 amide bonds. The van der Waals surface area contributed by atoms with E-state index in [1.165, 1.54) is 37.4 Å². The van der Waals surface area contributed by atoms with Crippen molar-refractivity contribution in [1.29, 1.82) is 0 Å². The summed E-state index contributed by atoms with van der Waals surface area (Å²) in [6.07, 6.45) is -3.56. The molecule has 5 rings (SSSR count). The number of esters is 1. The van der Waals surface area contributed by atoms with Crippen LogP contribution >= 0.6 is 0 Å². The van der Waals surface area contributed by atoms with Gasteiger partial charge in [0.15, 0.2) is 0 Å². The number of carbonyl (C=O) groups is 2. The number of carbonyl (C=O) groups excluding carboxylic acids is 2. The van der Waals surface area contributed by atoms with Crippen molar-refractivity contribution in [2.45, 2.75) is 32.5 Å². The minimum Gasteiger partial charge on any atom is -0.488 e. The highest BCUT2D eigenvalue weighted by molar-refractivity contribution is 5.98. The first-order chi connectivity index (χ1) is 19.5. The quantitative estimate of drug-likeness (QED) is 0.177. The molecule has 4 aromatic rings. The Balaban J connectivity index is 1.64. The molecule has 2 heterocycles. The molecule has 1 saturated heterocycles. The Morgan fingerprint density at radius 2 is 1.68 bits per heavy atom. The Kier molecular flexibility index (Phi) is 7.57. The van der Waals surface area contributed by atoms with Gasteiger partial charge in [0, 0.05) is 35.6 Å². The number of benzene rings is 3. The molecule has 0 atom stereocenters. The Morgan fingerprint density at radius 3 is 2.34 bits per heavy atom. The molecule has 0 radical (unpaired) electrons. The van der Waals surface area contributed by atoms with Crippen LogP contribution in [0.15, 0.2) is 72.8 Å². The molecule has 1 aliphatic heterocycles. The van der Waals surface area contributed by atoms with Crippen molar-refractivity contribution in [2.75, 3.05) is 18.6 Å². The number of nitrogens with zero attached hydrogens (tertiary/aromatic N) is 2. The van der Waals surface area contributed by atoms with Gasteiger partial charge in [0.05, 0.1) is 23.9 Å². The summed E-state index contributed by atoms with van der Waals surface area (Å²) in [5.74, 6) is -0.938. The fourth-order valence-corrected chi connectivity index (χ4v) is 4.90. The number of halogens is 4. The number of aryl methyl sites for hydroxylation is 1. The number of anilines is 1. The molecular weight excluding hydrogens is 540 g/mol. The van der Waals surface area contributed by atoms with E-state index in [-0.39, 0.29) is 29.4 Å². The standard InChI is InChI=1S/C31H26F4N2O4/c1-19-5-11-27(37(19)25-15-21(30(39)40-2)14-24(17-25)36-13-3-4-29(36)38)26-16-22(31(33,34)35)8-12-28(26)41-18-20-6-9-23(32)10-7-20/h5-12,14-17H,3-4,13,18H2,1-2H3. The number of alkyl halides is 3. The SMILES string of the molecule is COC(=O)c1cc(N2CCCC2=O)cc(-n2c(C)ccc2-c2cc(C(F)(F)F)ccc2OCc2ccc(F)cc2)c1. The van der Waals surface area contributed by atoms with Crippen molar-refractivity contribution in [3.63, 3.8) is 0 Å². The minimum atomic E-state index is -4.61. The lowest BCUT2D eigenvalue weighted by atomic mass is 10.1. The van der Waals surface area contributed by atoms with Gasteiger partial charge in [0.1, 0.15) is 18.2 Å². The summed E-state index contributed by atoms with van der Waals surface area (Å²) in [5, 5.41) is 0. The molecule has 0 spiro atoms. The number of aromatic nitrogens is 1. The van der Waals surface area contributed by atoms with Crippen molar-refractivity contribution in [2.24, 2.45) is 0 Å². The van der Waals surface area contributed by atoms with Gasteiger partial charge < -0.3 is 18.9 Å². The van der Waals surface area contributed by atoms with Crippen molar-refractivity contribution in [1.82, 2.24) is 4.57 Å². The van der Waals surface area contributed by atoms with Crippen LogP contribution in [0.1, 0.15) is 40.0 Å². The molecule has 1 aromatic heterocycles. The van der Waals surface area contributed by atoms with Gasteiger partial charge in [-0.25, -0.2) is 9.18 Å². The number of ether oxygens (including phenoxy) is 2. The van der Waals surface area contributed by atoms with Crippen LogP contribution in [0.2, 0.25) is 0 Å². The summed E-state index contributed by atoms with van der Waals surface area (Å²) < 4.78 is 67.4. The Labute approximate surface area is 233 Å². The van der Waals surface area contributed by atoms with Gasteiger partial charge in [-0.1, -0.05) is 12.1 Å². The molecule has 3 aromatic carbocycles. The molecule has 41 heavy (non-hydrogen) atoms. The highest BCUT2D eigenvalue weighted by atomic mass is 19.4. The third kappa shape index (κ3) is 5.82. The lowest BCUT2D eigenvalue weighted by Crippen LogP contribution is -2.24. The largest absolute Gasteiger partial charge is 0.488 e. The van der Waals surface area contributed by atoms with Crippen LogP contribution < -0.4 is 9.64 Å². The van der Waals surface area contributed by atoms with E-state index in [0.29, 0.717) is 47.7 Å². The zero-order valence-electron chi connectivity index (χ0n) is 22.3. The number of rotatable bonds is 7. The topological polar surface area (TPSA) is 60.8 Å². The fourth-order valence-electron chi connectivity index (χ4n) is 4.90. The van der Waals surface area contributed by atoms with Gasteiger partial charge in [0.25, 0.3) is 0 Å². The van der Waals surface area contributed by atoms with Crippen molar-refractivity contribution < 1.29 is 36.6 Å². The molecule has 0 aliphatic carbocycles. The smallest absolute Gasteiger partial charge is 0.416 e. The average molecular weight is 567 g/mol. The van der Waals surface area contributed by atoms with Gasteiger partial charge in [-0.3, -0.25) is 4.79 Å². The van der Waals surface area contributed by atoms with Crippen molar-refractivity contribution in [3.8, 4) is 22.7 Å². The van der Waals surface area contributed by atoms with Gasteiger partial charge in [-0.05, 0) is 79.6 Å². The van der Waals surface area contributed by atoms with Crippen molar-refractivity contribution in [3.05, 3.63) is 101 Å². The molecule has 10 heteroatoms. The second-order valence-corrected chi connectivity index (χ2v) is 9.70. The zero-order chi connectivity index (χ0) is 29.3. The third-order valence-corrected chi connectivity index (χ3v) is 6.93. The monoisotopic (exact) mass is 566 g/mol. The molecule has 0 unspecified atom stereocenters. The predicted octanol–water partition coefficient (Wildman–Crippen LogP) is 7.10. The Morgan fingerprint density at radius 1 is 0.951 bits per heavy atom. The highest BCUT2D eigenvalue weighted by Crippen LogP contribution is 2.40. The van der Waals surface area contributed by atoms with Crippen molar-refractivity contribution >= 4 is 17.6 Å². The Bertz CT molecular complexity index is 1610. The lowest BCUT2D eigenvalue weighted by molar-refractivity contribution is -0.137. The number of amides is 1.